The van der Waals surface area contributed by atoms with Crippen molar-refractivity contribution in [3.8, 4) is 5.75 Å². The first-order chi connectivity index (χ1) is 10.6. The Morgan fingerprint density at radius 2 is 2.18 bits per heavy atom. The number of aromatic nitrogens is 2. The van der Waals surface area contributed by atoms with Gasteiger partial charge in [0.25, 0.3) is 0 Å². The van der Waals surface area contributed by atoms with Crippen LogP contribution in [0.15, 0.2) is 46.8 Å². The minimum atomic E-state index is -0.274. The van der Waals surface area contributed by atoms with Crippen molar-refractivity contribution in [2.24, 2.45) is 10.2 Å². The first-order valence-electron chi connectivity index (χ1n) is 6.36. The molecule has 0 saturated carbocycles. The van der Waals surface area contributed by atoms with Gasteiger partial charge in [-0.1, -0.05) is 0 Å². The highest BCUT2D eigenvalue weighted by Gasteiger charge is 2.06. The lowest BCUT2D eigenvalue weighted by atomic mass is 10.2. The second kappa shape index (κ2) is 5.86. The van der Waals surface area contributed by atoms with Crippen molar-refractivity contribution >= 4 is 44.8 Å². The topological polar surface area (TPSA) is 99.8 Å². The number of azo groups is 1. The predicted molar refractivity (Wildman–Crippen MR) is 84.0 cm³/mol. The van der Waals surface area contributed by atoms with Gasteiger partial charge in [-0.15, -0.1) is 10.2 Å². The number of phenolic OH excluding ortho intramolecular Hbond substituents is 1. The third-order valence-electron chi connectivity index (χ3n) is 2.78. The van der Waals surface area contributed by atoms with E-state index in [0.29, 0.717) is 22.0 Å². The van der Waals surface area contributed by atoms with E-state index in [0.717, 1.165) is 5.39 Å². The molecule has 2 N–H and O–H groups in total. The van der Waals surface area contributed by atoms with Gasteiger partial charge >= 0.3 is 0 Å². The van der Waals surface area contributed by atoms with Crippen molar-refractivity contribution in [1.82, 2.24) is 9.36 Å². The predicted octanol–water partition coefficient (Wildman–Crippen LogP) is 3.77. The third-order valence-corrected chi connectivity index (χ3v) is 3.52. The van der Waals surface area contributed by atoms with Crippen LogP contribution >= 0.6 is 11.5 Å². The number of hydrogen-bond donors (Lipinski definition) is 2. The molecule has 2 aromatic heterocycles. The molecule has 1 aromatic carbocycles. The van der Waals surface area contributed by atoms with E-state index >= 15 is 0 Å². The van der Waals surface area contributed by atoms with Crippen molar-refractivity contribution in [1.29, 1.82) is 0 Å². The van der Waals surface area contributed by atoms with Gasteiger partial charge in [0, 0.05) is 13.1 Å². The van der Waals surface area contributed by atoms with Crippen LogP contribution in [0.2, 0.25) is 0 Å². The Balaban J connectivity index is 1.90. The SMILES string of the molecule is CC(=O)Nc1cc(/N=N/c2snc3ncccc23)ccc1O. The van der Waals surface area contributed by atoms with E-state index in [1.54, 1.807) is 18.3 Å². The molecule has 0 bridgehead atoms. The van der Waals surface area contributed by atoms with Gasteiger partial charge in [-0.3, -0.25) is 4.79 Å². The molecular weight excluding hydrogens is 302 g/mol. The molecule has 0 spiro atoms. The molecule has 3 rings (SSSR count). The fraction of sp³-hybridized carbons (Fsp3) is 0.0714. The number of pyridine rings is 1. The maximum absolute atomic E-state index is 11.1. The van der Waals surface area contributed by atoms with E-state index < -0.39 is 0 Å². The van der Waals surface area contributed by atoms with Crippen LogP contribution in [0.5, 0.6) is 5.75 Å². The van der Waals surface area contributed by atoms with E-state index in [-0.39, 0.29) is 11.7 Å². The summed E-state index contributed by atoms with van der Waals surface area (Å²) in [6, 6.07) is 8.28. The van der Waals surface area contributed by atoms with Crippen LogP contribution in [0.1, 0.15) is 6.92 Å². The first-order valence-corrected chi connectivity index (χ1v) is 7.13. The zero-order valence-electron chi connectivity index (χ0n) is 11.5. The highest BCUT2D eigenvalue weighted by Crippen LogP contribution is 2.32. The molecule has 2 heterocycles. The number of fused-ring (bicyclic) bond motifs is 1. The summed E-state index contributed by atoms with van der Waals surface area (Å²) in [5.41, 5.74) is 1.43. The van der Waals surface area contributed by atoms with E-state index in [2.05, 4.69) is 24.9 Å². The number of amides is 1. The second-order valence-corrected chi connectivity index (χ2v) is 5.20. The number of benzene rings is 1. The molecule has 3 aromatic rings. The number of anilines is 1. The summed E-state index contributed by atoms with van der Waals surface area (Å²) in [7, 11) is 0. The Morgan fingerprint density at radius 3 is 3.00 bits per heavy atom. The summed E-state index contributed by atoms with van der Waals surface area (Å²) in [6.45, 7) is 1.37. The van der Waals surface area contributed by atoms with Crippen molar-refractivity contribution in [2.45, 2.75) is 6.92 Å². The normalized spacial score (nSPS) is 11.1. The zero-order chi connectivity index (χ0) is 15.5. The molecule has 0 unspecified atom stereocenters. The summed E-state index contributed by atoms with van der Waals surface area (Å²) in [4.78, 5) is 15.2. The summed E-state index contributed by atoms with van der Waals surface area (Å²) in [6.07, 6.45) is 1.67. The molecule has 7 nitrogen and oxygen atoms in total. The lowest BCUT2D eigenvalue weighted by Gasteiger charge is -2.04. The third kappa shape index (κ3) is 2.91. The van der Waals surface area contributed by atoms with Crippen LogP contribution in [0.25, 0.3) is 11.0 Å². The number of hydrogen-bond acceptors (Lipinski definition) is 7. The van der Waals surface area contributed by atoms with E-state index in [9.17, 15) is 9.90 Å². The Morgan fingerprint density at radius 1 is 1.32 bits per heavy atom. The van der Waals surface area contributed by atoms with Crippen molar-refractivity contribution < 1.29 is 9.90 Å². The number of rotatable bonds is 3. The van der Waals surface area contributed by atoms with Gasteiger partial charge in [0.05, 0.1) is 16.8 Å². The van der Waals surface area contributed by atoms with Crippen molar-refractivity contribution in [3.63, 3.8) is 0 Å². The van der Waals surface area contributed by atoms with Crippen LogP contribution in [0, 0.1) is 0 Å². The first kappa shape index (κ1) is 14.1. The number of aromatic hydroxyl groups is 1. The molecule has 0 aliphatic heterocycles. The van der Waals surface area contributed by atoms with Gasteiger partial charge in [0.2, 0.25) is 5.91 Å². The van der Waals surface area contributed by atoms with Gasteiger partial charge in [0.15, 0.2) is 10.6 Å². The van der Waals surface area contributed by atoms with Gasteiger partial charge in [-0.05, 0) is 41.9 Å². The Bertz CT molecular complexity index is 875. The van der Waals surface area contributed by atoms with Crippen LogP contribution < -0.4 is 5.32 Å². The van der Waals surface area contributed by atoms with Crippen LogP contribution in [0.3, 0.4) is 0 Å². The Labute approximate surface area is 129 Å². The van der Waals surface area contributed by atoms with Crippen LogP contribution in [0.4, 0.5) is 16.4 Å². The smallest absolute Gasteiger partial charge is 0.221 e. The molecule has 0 saturated heterocycles. The van der Waals surface area contributed by atoms with Crippen molar-refractivity contribution in [3.05, 3.63) is 36.5 Å². The average molecular weight is 313 g/mol. The molecule has 0 atom stereocenters. The van der Waals surface area contributed by atoms with E-state index in [1.165, 1.54) is 24.5 Å². The minimum Gasteiger partial charge on any atom is -0.506 e. The Kier molecular flexibility index (Phi) is 3.75. The molecular formula is C14H11N5O2S. The molecule has 1 amide bonds. The molecule has 0 aliphatic carbocycles. The van der Waals surface area contributed by atoms with Crippen LogP contribution in [-0.4, -0.2) is 20.4 Å². The highest BCUT2D eigenvalue weighted by molar-refractivity contribution is 7.11. The summed E-state index contributed by atoms with van der Waals surface area (Å²) in [5, 5.41) is 22.0. The largest absolute Gasteiger partial charge is 0.506 e. The Hall–Kier alpha value is -2.87. The van der Waals surface area contributed by atoms with Gasteiger partial charge < -0.3 is 10.4 Å². The van der Waals surface area contributed by atoms with E-state index in [4.69, 9.17) is 0 Å². The summed E-state index contributed by atoms with van der Waals surface area (Å²) in [5.74, 6) is -0.300. The highest BCUT2D eigenvalue weighted by atomic mass is 32.1. The number of nitrogens with one attached hydrogen (secondary N) is 1. The summed E-state index contributed by atoms with van der Waals surface area (Å²) < 4.78 is 4.18. The fourth-order valence-corrected chi connectivity index (χ4v) is 2.48. The van der Waals surface area contributed by atoms with Crippen LogP contribution in [-0.2, 0) is 4.79 Å². The summed E-state index contributed by atoms with van der Waals surface area (Å²) >= 11 is 1.21. The van der Waals surface area contributed by atoms with Gasteiger partial charge in [-0.2, -0.15) is 4.37 Å². The molecule has 0 aliphatic rings. The second-order valence-electron chi connectivity index (χ2n) is 4.44. The maximum atomic E-state index is 11.1. The molecule has 8 heteroatoms. The number of carbonyl (C=O) groups excluding carboxylic acids is 1. The number of phenols is 1. The minimum absolute atomic E-state index is 0.0263. The molecule has 110 valence electrons. The molecule has 22 heavy (non-hydrogen) atoms. The molecule has 0 radical (unpaired) electrons. The zero-order valence-corrected chi connectivity index (χ0v) is 12.3. The maximum Gasteiger partial charge on any atom is 0.221 e. The quantitative estimate of drug-likeness (QED) is 0.567. The monoisotopic (exact) mass is 313 g/mol. The molecule has 0 fully saturated rings. The fourth-order valence-electron chi connectivity index (χ4n) is 1.82. The lowest BCUT2D eigenvalue weighted by molar-refractivity contribution is -0.114. The standard InChI is InChI=1S/C14H11N5O2S/c1-8(20)16-11-7-9(4-5-12(11)21)17-18-14-10-3-2-6-15-13(10)19-22-14/h2-7,21H,1H3,(H,16,20)/b18-17+. The van der Waals surface area contributed by atoms with Gasteiger partial charge in [-0.25, -0.2) is 4.98 Å². The number of nitrogens with zero attached hydrogens (tertiary/aromatic N) is 4. The number of carbonyl (C=O) groups is 1. The van der Waals surface area contributed by atoms with Crippen molar-refractivity contribution in [2.75, 3.05) is 5.32 Å². The van der Waals surface area contributed by atoms with Gasteiger partial charge in [0.1, 0.15) is 5.75 Å². The van der Waals surface area contributed by atoms with E-state index in [1.807, 2.05) is 12.1 Å². The lowest BCUT2D eigenvalue weighted by Crippen LogP contribution is -2.05. The average Bonchev–Trinajstić information content (AvgIpc) is 2.91.